The number of nitrogens with zero attached hydrogens (tertiary/aromatic N) is 3. The van der Waals surface area contributed by atoms with Gasteiger partial charge < -0.3 is 34.4 Å². The van der Waals surface area contributed by atoms with E-state index in [0.29, 0.717) is 64.8 Å². The van der Waals surface area contributed by atoms with Gasteiger partial charge in [0.25, 0.3) is 0 Å². The number of epoxide rings is 1. The van der Waals surface area contributed by atoms with Gasteiger partial charge in [0.2, 0.25) is 0 Å². The molecular formula is C36H57N3O8. The highest BCUT2D eigenvalue weighted by atomic mass is 16.6. The molecule has 47 heavy (non-hydrogen) atoms. The molecule has 0 spiro atoms. The Kier molecular flexibility index (Phi) is 14.9. The monoisotopic (exact) mass is 659 g/mol. The number of aliphatic hydroxyl groups is 3. The van der Waals surface area contributed by atoms with Gasteiger partial charge in [-0.15, -0.1) is 0 Å². The van der Waals surface area contributed by atoms with Crippen molar-refractivity contribution >= 4 is 12.1 Å². The first-order valence-electron chi connectivity index (χ1n) is 17.3. The van der Waals surface area contributed by atoms with Gasteiger partial charge in [0.05, 0.1) is 42.5 Å². The lowest BCUT2D eigenvalue weighted by molar-refractivity contribution is -0.151. The minimum absolute atomic E-state index is 0.00151. The summed E-state index contributed by atoms with van der Waals surface area (Å²) in [6, 6.07) is 2.16. The highest BCUT2D eigenvalue weighted by molar-refractivity contribution is 5.70. The van der Waals surface area contributed by atoms with Crippen LogP contribution in [0.5, 0.6) is 0 Å². The van der Waals surface area contributed by atoms with Crippen LogP contribution in [0.25, 0.3) is 0 Å². The zero-order valence-corrected chi connectivity index (χ0v) is 29.1. The van der Waals surface area contributed by atoms with E-state index in [-0.39, 0.29) is 42.5 Å². The zero-order chi connectivity index (χ0) is 34.7. The van der Waals surface area contributed by atoms with Gasteiger partial charge in [0.1, 0.15) is 12.2 Å². The largest absolute Gasteiger partial charge is 0.457 e. The van der Waals surface area contributed by atoms with Crippen LogP contribution < -0.4 is 0 Å². The Balaban J connectivity index is 1.68. The summed E-state index contributed by atoms with van der Waals surface area (Å²) in [5.41, 5.74) is -0.382. The van der Waals surface area contributed by atoms with Crippen molar-refractivity contribution in [3.8, 4) is 6.07 Å². The van der Waals surface area contributed by atoms with E-state index in [1.165, 1.54) is 0 Å². The summed E-state index contributed by atoms with van der Waals surface area (Å²) in [6.45, 7) is 14.5. The summed E-state index contributed by atoms with van der Waals surface area (Å²) in [6.07, 6.45) is 8.27. The average molecular weight is 660 g/mol. The van der Waals surface area contributed by atoms with Crippen molar-refractivity contribution in [2.24, 2.45) is 17.8 Å². The maximum atomic E-state index is 13.2. The van der Waals surface area contributed by atoms with Crippen LogP contribution in [0, 0.1) is 29.1 Å². The Bertz CT molecular complexity index is 1160. The number of nitriles is 1. The molecule has 3 rings (SSSR count). The van der Waals surface area contributed by atoms with Crippen LogP contribution in [0.15, 0.2) is 36.0 Å². The number of carbonyl (C=O) groups excluding carboxylic acids is 2. The lowest BCUT2D eigenvalue weighted by atomic mass is 9.91. The molecule has 264 valence electrons. The number of piperazine rings is 1. The van der Waals surface area contributed by atoms with Crippen LogP contribution in [0.2, 0.25) is 0 Å². The van der Waals surface area contributed by atoms with Gasteiger partial charge in [-0.05, 0) is 50.7 Å². The van der Waals surface area contributed by atoms with Gasteiger partial charge in [0, 0.05) is 57.4 Å². The van der Waals surface area contributed by atoms with Crippen molar-refractivity contribution in [2.45, 2.75) is 122 Å². The van der Waals surface area contributed by atoms with Crippen LogP contribution in [0.4, 0.5) is 4.79 Å². The average Bonchev–Trinajstić information content (AvgIpc) is 3.79. The van der Waals surface area contributed by atoms with Crippen molar-refractivity contribution in [2.75, 3.05) is 32.7 Å². The van der Waals surface area contributed by atoms with Gasteiger partial charge in [-0.3, -0.25) is 9.69 Å². The van der Waals surface area contributed by atoms with Crippen LogP contribution >= 0.6 is 0 Å². The molecule has 2 saturated heterocycles. The molecule has 3 aliphatic rings. The molecule has 11 nitrogen and oxygen atoms in total. The molecule has 11 heteroatoms. The molecule has 2 fully saturated rings. The fourth-order valence-electron chi connectivity index (χ4n) is 6.35. The second-order valence-electron chi connectivity index (χ2n) is 14.0. The molecule has 1 amide bonds. The van der Waals surface area contributed by atoms with E-state index >= 15 is 0 Å². The van der Waals surface area contributed by atoms with E-state index in [1.54, 1.807) is 24.0 Å². The molecule has 3 N–H and O–H groups in total. The minimum Gasteiger partial charge on any atom is -0.457 e. The Labute approximate surface area is 280 Å². The van der Waals surface area contributed by atoms with Gasteiger partial charge in [0.15, 0.2) is 0 Å². The van der Waals surface area contributed by atoms with Gasteiger partial charge in [-0.2, -0.15) is 5.26 Å². The Morgan fingerprint density at radius 3 is 2.60 bits per heavy atom. The molecular weight excluding hydrogens is 602 g/mol. The van der Waals surface area contributed by atoms with Gasteiger partial charge >= 0.3 is 12.1 Å². The standard InChI is InChI=1S/C36H57N3O8/c1-7-29(41)27(5)34-31(45-34)23-36(6,44)15-8-10-25(3)33-26(4)12-14-30(24(2)11-13-28(40)22-32(42)47-33)46-35(43)39-20-18-38(19-21-39)17-9-16-37/h8,10,12,14-15,24,26-31,33-34,40-41,44H,7,9,11,13,17-23H2,1-6H3/b14-12+,15-8+,25-10+. The smallest absolute Gasteiger partial charge is 0.410 e. The molecule has 10 unspecified atom stereocenters. The number of ether oxygens (including phenoxy) is 3. The normalized spacial score (nSPS) is 33.0. The number of hydrogen-bond acceptors (Lipinski definition) is 10. The third-order valence-electron chi connectivity index (χ3n) is 9.71. The van der Waals surface area contributed by atoms with Crippen LogP contribution in [-0.2, 0) is 19.0 Å². The fourth-order valence-corrected chi connectivity index (χ4v) is 6.35. The van der Waals surface area contributed by atoms with Crippen molar-refractivity contribution in [3.63, 3.8) is 0 Å². The molecule has 0 bridgehead atoms. The molecule has 3 heterocycles. The number of amides is 1. The Hall–Kier alpha value is -2.75. The lowest BCUT2D eigenvalue weighted by Crippen LogP contribution is -2.49. The van der Waals surface area contributed by atoms with Crippen molar-refractivity contribution in [3.05, 3.63) is 36.0 Å². The summed E-state index contributed by atoms with van der Waals surface area (Å²) >= 11 is 0. The summed E-state index contributed by atoms with van der Waals surface area (Å²) < 4.78 is 17.6. The number of hydrogen-bond donors (Lipinski definition) is 3. The first-order valence-corrected chi connectivity index (χ1v) is 17.3. The number of rotatable bonds is 11. The molecule has 0 radical (unpaired) electrons. The number of allylic oxidation sites excluding steroid dienone is 2. The maximum absolute atomic E-state index is 13.2. The van der Waals surface area contributed by atoms with E-state index < -0.39 is 36.0 Å². The summed E-state index contributed by atoms with van der Waals surface area (Å²) in [5, 5.41) is 40.6. The summed E-state index contributed by atoms with van der Waals surface area (Å²) in [7, 11) is 0. The minimum atomic E-state index is -1.14. The van der Waals surface area contributed by atoms with Crippen LogP contribution in [0.3, 0.4) is 0 Å². The summed E-state index contributed by atoms with van der Waals surface area (Å²) in [4.78, 5) is 29.8. The van der Waals surface area contributed by atoms with Gasteiger partial charge in [-0.1, -0.05) is 52.0 Å². The van der Waals surface area contributed by atoms with Crippen molar-refractivity contribution in [1.82, 2.24) is 9.80 Å². The molecule has 3 aliphatic heterocycles. The predicted molar refractivity (Wildman–Crippen MR) is 178 cm³/mol. The molecule has 0 aromatic rings. The number of carbonyl (C=O) groups is 2. The second kappa shape index (κ2) is 18.1. The lowest BCUT2D eigenvalue weighted by Gasteiger charge is -2.35. The third-order valence-corrected chi connectivity index (χ3v) is 9.71. The van der Waals surface area contributed by atoms with Gasteiger partial charge in [-0.25, -0.2) is 4.79 Å². The number of esters is 1. The fraction of sp³-hybridized carbons (Fsp3) is 0.750. The van der Waals surface area contributed by atoms with E-state index in [4.69, 9.17) is 19.5 Å². The zero-order valence-electron chi connectivity index (χ0n) is 29.1. The topological polar surface area (TPSA) is 156 Å². The highest BCUT2D eigenvalue weighted by Crippen LogP contribution is 2.37. The first-order chi connectivity index (χ1) is 22.2. The molecule has 10 atom stereocenters. The molecule has 0 saturated carbocycles. The quantitative estimate of drug-likeness (QED) is 0.128. The number of aliphatic hydroxyl groups excluding tert-OH is 2. The van der Waals surface area contributed by atoms with Crippen molar-refractivity contribution < 1.29 is 39.1 Å². The van der Waals surface area contributed by atoms with E-state index in [0.717, 1.165) is 5.57 Å². The third kappa shape index (κ3) is 12.3. The number of cyclic esters (lactones) is 1. The SMILES string of the molecule is CCC(O)C(C)C1OC1CC(C)(O)/C=C/C=C(\C)C1OC(=O)CC(O)CCC(C)C(OC(=O)N2CCN(CCC#N)CC2)/C=C/C1C. The summed E-state index contributed by atoms with van der Waals surface area (Å²) in [5.74, 6) is -0.854. The van der Waals surface area contributed by atoms with E-state index in [9.17, 15) is 24.9 Å². The highest BCUT2D eigenvalue weighted by Gasteiger charge is 2.47. The Morgan fingerprint density at radius 2 is 1.94 bits per heavy atom. The molecule has 0 aromatic heterocycles. The van der Waals surface area contributed by atoms with Crippen LogP contribution in [0.1, 0.15) is 80.1 Å². The first kappa shape index (κ1) is 38.7. The van der Waals surface area contributed by atoms with Crippen molar-refractivity contribution in [1.29, 1.82) is 5.26 Å². The second-order valence-corrected chi connectivity index (χ2v) is 14.0. The molecule has 0 aromatic carbocycles. The predicted octanol–water partition coefficient (Wildman–Crippen LogP) is 4.13. The van der Waals surface area contributed by atoms with E-state index in [2.05, 4.69) is 11.0 Å². The van der Waals surface area contributed by atoms with E-state index in [1.807, 2.05) is 52.8 Å². The molecule has 0 aliphatic carbocycles. The Morgan fingerprint density at radius 1 is 1.23 bits per heavy atom. The maximum Gasteiger partial charge on any atom is 0.410 e. The van der Waals surface area contributed by atoms with Crippen LogP contribution in [-0.4, -0.2) is 112 Å².